The first kappa shape index (κ1) is 11.6. The third kappa shape index (κ3) is 2.28. The zero-order valence-electron chi connectivity index (χ0n) is 8.21. The van der Waals surface area contributed by atoms with Crippen molar-refractivity contribution in [2.75, 3.05) is 0 Å². The van der Waals surface area contributed by atoms with Crippen molar-refractivity contribution in [3.63, 3.8) is 0 Å². The maximum Gasteiger partial charge on any atom is 0.170 e. The van der Waals surface area contributed by atoms with E-state index in [-0.39, 0.29) is 5.82 Å². The van der Waals surface area contributed by atoms with Crippen molar-refractivity contribution >= 4 is 27.7 Å². The second kappa shape index (κ2) is 4.99. The lowest BCUT2D eigenvalue weighted by molar-refractivity contribution is 0.592. The van der Waals surface area contributed by atoms with Gasteiger partial charge >= 0.3 is 0 Å². The van der Waals surface area contributed by atoms with Crippen LogP contribution >= 0.6 is 27.7 Å². The van der Waals surface area contributed by atoms with E-state index in [2.05, 4.69) is 25.9 Å². The van der Waals surface area contributed by atoms with Gasteiger partial charge in [0, 0.05) is 18.9 Å². The summed E-state index contributed by atoms with van der Waals surface area (Å²) in [5.41, 5.74) is 6.23. The first-order chi connectivity index (χ1) is 7.72. The van der Waals surface area contributed by atoms with Gasteiger partial charge in [0.15, 0.2) is 11.0 Å². The number of aromatic amines is 1. The average Bonchev–Trinajstić information content (AvgIpc) is 2.78. The SMILES string of the molecule is NCc1ccc(Sc2ncc[nH]2)c(F)c1Br. The fraction of sp³-hybridized carbons (Fsp3) is 0.100. The number of H-pyrrole nitrogens is 1. The Balaban J connectivity index is 2.32. The molecular formula is C10H9BrFN3S. The van der Waals surface area contributed by atoms with Crippen LogP contribution in [-0.4, -0.2) is 9.97 Å². The van der Waals surface area contributed by atoms with Crippen molar-refractivity contribution in [1.29, 1.82) is 0 Å². The minimum Gasteiger partial charge on any atom is -0.339 e. The van der Waals surface area contributed by atoms with E-state index in [0.29, 0.717) is 21.1 Å². The Labute approximate surface area is 105 Å². The normalized spacial score (nSPS) is 10.7. The van der Waals surface area contributed by atoms with E-state index in [9.17, 15) is 4.39 Å². The Kier molecular flexibility index (Phi) is 3.63. The summed E-state index contributed by atoms with van der Waals surface area (Å²) in [6, 6.07) is 3.51. The number of aromatic nitrogens is 2. The molecule has 3 N–H and O–H groups in total. The molecule has 0 atom stereocenters. The predicted octanol–water partition coefficient (Wildman–Crippen LogP) is 2.92. The highest BCUT2D eigenvalue weighted by Crippen LogP contribution is 2.32. The fourth-order valence-electron chi connectivity index (χ4n) is 1.22. The molecule has 0 aliphatic heterocycles. The first-order valence-corrected chi connectivity index (χ1v) is 6.17. The van der Waals surface area contributed by atoms with Crippen LogP contribution in [0.2, 0.25) is 0 Å². The molecule has 0 fully saturated rings. The Hall–Kier alpha value is -0.850. The van der Waals surface area contributed by atoms with Gasteiger partial charge in [0.05, 0.1) is 9.37 Å². The second-order valence-electron chi connectivity index (χ2n) is 3.05. The van der Waals surface area contributed by atoms with Gasteiger partial charge in [-0.25, -0.2) is 9.37 Å². The first-order valence-electron chi connectivity index (χ1n) is 4.56. The van der Waals surface area contributed by atoms with Gasteiger partial charge in [-0.1, -0.05) is 6.07 Å². The molecule has 0 bridgehead atoms. The molecule has 0 unspecified atom stereocenters. The lowest BCUT2D eigenvalue weighted by Crippen LogP contribution is -1.99. The number of hydrogen-bond donors (Lipinski definition) is 2. The predicted molar refractivity (Wildman–Crippen MR) is 64.7 cm³/mol. The highest BCUT2D eigenvalue weighted by molar-refractivity contribution is 9.10. The van der Waals surface area contributed by atoms with Crippen LogP contribution in [0.15, 0.2) is 39.1 Å². The number of nitrogens with one attached hydrogen (secondary N) is 1. The molecule has 1 aromatic carbocycles. The average molecular weight is 302 g/mol. The smallest absolute Gasteiger partial charge is 0.170 e. The second-order valence-corrected chi connectivity index (χ2v) is 4.87. The van der Waals surface area contributed by atoms with Gasteiger partial charge in [-0.3, -0.25) is 0 Å². The Morgan fingerprint density at radius 2 is 2.31 bits per heavy atom. The zero-order chi connectivity index (χ0) is 11.5. The molecular weight excluding hydrogens is 293 g/mol. The van der Waals surface area contributed by atoms with Crippen LogP contribution in [0.4, 0.5) is 4.39 Å². The van der Waals surface area contributed by atoms with Crippen molar-refractivity contribution in [2.24, 2.45) is 5.73 Å². The van der Waals surface area contributed by atoms with Crippen LogP contribution in [0.1, 0.15) is 5.56 Å². The zero-order valence-corrected chi connectivity index (χ0v) is 10.6. The van der Waals surface area contributed by atoms with Gasteiger partial charge in [-0.05, 0) is 39.3 Å². The van der Waals surface area contributed by atoms with Gasteiger partial charge in [0.2, 0.25) is 0 Å². The van der Waals surface area contributed by atoms with Crippen LogP contribution in [0, 0.1) is 5.82 Å². The third-order valence-corrected chi connectivity index (χ3v) is 3.84. The van der Waals surface area contributed by atoms with E-state index in [0.717, 1.165) is 5.56 Å². The summed E-state index contributed by atoms with van der Waals surface area (Å²) in [6.45, 7) is 0.309. The molecule has 16 heavy (non-hydrogen) atoms. The summed E-state index contributed by atoms with van der Waals surface area (Å²) in [5.74, 6) is -0.302. The van der Waals surface area contributed by atoms with E-state index < -0.39 is 0 Å². The van der Waals surface area contributed by atoms with Crippen molar-refractivity contribution in [2.45, 2.75) is 16.6 Å². The minimum atomic E-state index is -0.302. The van der Waals surface area contributed by atoms with Gasteiger partial charge in [0.25, 0.3) is 0 Å². The van der Waals surface area contributed by atoms with Gasteiger partial charge in [-0.2, -0.15) is 0 Å². The number of benzene rings is 1. The molecule has 0 aliphatic rings. The number of nitrogens with zero attached hydrogens (tertiary/aromatic N) is 1. The molecule has 0 spiro atoms. The van der Waals surface area contributed by atoms with E-state index in [4.69, 9.17) is 5.73 Å². The summed E-state index contributed by atoms with van der Waals surface area (Å²) in [4.78, 5) is 7.44. The van der Waals surface area contributed by atoms with E-state index in [1.165, 1.54) is 11.8 Å². The van der Waals surface area contributed by atoms with E-state index in [1.54, 1.807) is 24.5 Å². The van der Waals surface area contributed by atoms with E-state index >= 15 is 0 Å². The maximum absolute atomic E-state index is 13.9. The quantitative estimate of drug-likeness (QED) is 0.916. The molecule has 0 saturated heterocycles. The Morgan fingerprint density at radius 3 is 2.94 bits per heavy atom. The highest BCUT2D eigenvalue weighted by Gasteiger charge is 2.12. The standard InChI is InChI=1S/C10H9BrFN3S/c11-8-6(5-13)1-2-7(9(8)12)16-10-14-3-4-15-10/h1-4H,5,13H2,(H,14,15). The lowest BCUT2D eigenvalue weighted by Gasteiger charge is -2.06. The highest BCUT2D eigenvalue weighted by atomic mass is 79.9. The molecule has 1 aromatic heterocycles. The van der Waals surface area contributed by atoms with Crippen LogP contribution < -0.4 is 5.73 Å². The number of nitrogens with two attached hydrogens (primary N) is 1. The molecule has 1 heterocycles. The molecule has 2 rings (SSSR count). The van der Waals surface area contributed by atoms with Crippen LogP contribution in [0.25, 0.3) is 0 Å². The molecule has 6 heteroatoms. The molecule has 84 valence electrons. The molecule has 0 radical (unpaired) electrons. The van der Waals surface area contributed by atoms with Gasteiger partial charge in [-0.15, -0.1) is 0 Å². The minimum absolute atomic E-state index is 0.302. The number of halogens is 2. The lowest BCUT2D eigenvalue weighted by atomic mass is 10.2. The number of hydrogen-bond acceptors (Lipinski definition) is 3. The Bertz CT molecular complexity index is 487. The summed E-state index contributed by atoms with van der Waals surface area (Å²) in [7, 11) is 0. The summed E-state index contributed by atoms with van der Waals surface area (Å²) in [6.07, 6.45) is 3.33. The number of rotatable bonds is 3. The topological polar surface area (TPSA) is 54.7 Å². The monoisotopic (exact) mass is 301 g/mol. The Morgan fingerprint density at radius 1 is 1.50 bits per heavy atom. The van der Waals surface area contributed by atoms with Crippen molar-refractivity contribution in [3.8, 4) is 0 Å². The third-order valence-electron chi connectivity index (χ3n) is 2.03. The molecule has 0 aliphatic carbocycles. The van der Waals surface area contributed by atoms with Crippen molar-refractivity contribution in [3.05, 3.63) is 40.4 Å². The largest absolute Gasteiger partial charge is 0.339 e. The molecule has 0 saturated carbocycles. The fourth-order valence-corrected chi connectivity index (χ4v) is 2.63. The van der Waals surface area contributed by atoms with Crippen LogP contribution in [0.5, 0.6) is 0 Å². The summed E-state index contributed by atoms with van der Waals surface area (Å²) in [5, 5.41) is 0.659. The van der Waals surface area contributed by atoms with Gasteiger partial charge < -0.3 is 10.7 Å². The van der Waals surface area contributed by atoms with Crippen molar-refractivity contribution in [1.82, 2.24) is 9.97 Å². The van der Waals surface area contributed by atoms with Gasteiger partial charge in [0.1, 0.15) is 0 Å². The molecule has 0 amide bonds. The van der Waals surface area contributed by atoms with Crippen LogP contribution in [0.3, 0.4) is 0 Å². The van der Waals surface area contributed by atoms with Crippen LogP contribution in [-0.2, 0) is 6.54 Å². The molecule has 3 nitrogen and oxygen atoms in total. The maximum atomic E-state index is 13.9. The summed E-state index contributed by atoms with van der Waals surface area (Å²) < 4.78 is 14.3. The number of imidazole rings is 1. The molecule has 2 aromatic rings. The summed E-state index contributed by atoms with van der Waals surface area (Å²) >= 11 is 4.44. The van der Waals surface area contributed by atoms with E-state index in [1.807, 2.05) is 0 Å². The van der Waals surface area contributed by atoms with Crippen molar-refractivity contribution < 1.29 is 4.39 Å².